The largest absolute Gasteiger partial charge is 0.492 e. The van der Waals surface area contributed by atoms with Gasteiger partial charge in [0.25, 0.3) is 0 Å². The van der Waals surface area contributed by atoms with Gasteiger partial charge in [-0.05, 0) is 68.7 Å². The molecular weight excluding hydrogens is 270 g/mol. The van der Waals surface area contributed by atoms with Crippen LogP contribution < -0.4 is 10.1 Å². The van der Waals surface area contributed by atoms with Gasteiger partial charge in [-0.2, -0.15) is 0 Å². The molecule has 1 fully saturated rings. The van der Waals surface area contributed by atoms with E-state index in [2.05, 4.69) is 12.2 Å². The summed E-state index contributed by atoms with van der Waals surface area (Å²) in [6.07, 6.45) is 5.32. The Labute approximate surface area is 127 Å². The van der Waals surface area contributed by atoms with Crippen LogP contribution in [0.3, 0.4) is 0 Å². The summed E-state index contributed by atoms with van der Waals surface area (Å²) >= 11 is 6.03. The maximum atomic E-state index is 6.03. The van der Waals surface area contributed by atoms with Gasteiger partial charge in [0.15, 0.2) is 0 Å². The van der Waals surface area contributed by atoms with Crippen LogP contribution in [0.2, 0.25) is 5.02 Å². The second kappa shape index (κ2) is 7.33. The number of aryl methyl sites for hydroxylation is 2. The Bertz CT molecular complexity index is 416. The smallest absolute Gasteiger partial charge is 0.125 e. The van der Waals surface area contributed by atoms with Gasteiger partial charge in [0, 0.05) is 17.6 Å². The summed E-state index contributed by atoms with van der Waals surface area (Å²) in [6.45, 7) is 8.08. The van der Waals surface area contributed by atoms with Crippen molar-refractivity contribution in [1.82, 2.24) is 5.32 Å². The lowest BCUT2D eigenvalue weighted by Gasteiger charge is -2.27. The van der Waals surface area contributed by atoms with E-state index < -0.39 is 0 Å². The van der Waals surface area contributed by atoms with E-state index in [0.717, 1.165) is 41.0 Å². The molecule has 0 radical (unpaired) electrons. The molecule has 0 aliphatic heterocycles. The average molecular weight is 296 g/mol. The zero-order valence-corrected chi connectivity index (χ0v) is 13.6. The molecule has 20 heavy (non-hydrogen) atoms. The van der Waals surface area contributed by atoms with Crippen molar-refractivity contribution >= 4 is 11.6 Å². The van der Waals surface area contributed by atoms with Crippen LogP contribution in [0.25, 0.3) is 0 Å². The van der Waals surface area contributed by atoms with Crippen molar-refractivity contribution in [3.8, 4) is 5.75 Å². The highest BCUT2D eigenvalue weighted by atomic mass is 35.5. The molecular formula is C17H26ClNO. The van der Waals surface area contributed by atoms with Crippen LogP contribution in [0, 0.1) is 19.8 Å². The van der Waals surface area contributed by atoms with Crippen LogP contribution in [0.4, 0.5) is 0 Å². The van der Waals surface area contributed by atoms with E-state index in [-0.39, 0.29) is 0 Å². The van der Waals surface area contributed by atoms with Crippen molar-refractivity contribution in [2.75, 3.05) is 13.2 Å². The molecule has 1 aromatic carbocycles. The Morgan fingerprint density at radius 1 is 1.15 bits per heavy atom. The zero-order valence-electron chi connectivity index (χ0n) is 12.8. The predicted molar refractivity (Wildman–Crippen MR) is 85.8 cm³/mol. The molecule has 0 unspecified atom stereocenters. The van der Waals surface area contributed by atoms with Gasteiger partial charge in [0.05, 0.1) is 0 Å². The first kappa shape index (κ1) is 15.7. The van der Waals surface area contributed by atoms with Crippen LogP contribution in [-0.4, -0.2) is 19.2 Å². The maximum absolute atomic E-state index is 6.03. The van der Waals surface area contributed by atoms with Gasteiger partial charge in [-0.3, -0.25) is 0 Å². The SMILES string of the molecule is Cc1cc(Cl)cc(C)c1OCCNC1CCC(C)CC1. The Hall–Kier alpha value is -0.730. The molecule has 0 spiro atoms. The fourth-order valence-corrected chi connectivity index (χ4v) is 3.33. The van der Waals surface area contributed by atoms with E-state index in [9.17, 15) is 0 Å². The molecule has 1 aliphatic rings. The maximum Gasteiger partial charge on any atom is 0.125 e. The van der Waals surface area contributed by atoms with E-state index in [1.807, 2.05) is 26.0 Å². The second-order valence-corrected chi connectivity index (χ2v) is 6.56. The van der Waals surface area contributed by atoms with Crippen molar-refractivity contribution in [2.45, 2.75) is 52.5 Å². The standard InChI is InChI=1S/C17H26ClNO/c1-12-4-6-16(7-5-12)19-8-9-20-17-13(2)10-15(18)11-14(17)3/h10-12,16,19H,4-9H2,1-3H3. The first-order chi connectivity index (χ1) is 9.56. The van der Waals surface area contributed by atoms with E-state index in [1.54, 1.807) is 0 Å². The van der Waals surface area contributed by atoms with Gasteiger partial charge in [0.1, 0.15) is 12.4 Å². The van der Waals surface area contributed by atoms with E-state index in [4.69, 9.17) is 16.3 Å². The Morgan fingerprint density at radius 3 is 2.35 bits per heavy atom. The summed E-state index contributed by atoms with van der Waals surface area (Å²) in [5.74, 6) is 1.89. The van der Waals surface area contributed by atoms with E-state index in [1.165, 1.54) is 25.7 Å². The third-order valence-corrected chi connectivity index (χ3v) is 4.44. The zero-order chi connectivity index (χ0) is 14.5. The van der Waals surface area contributed by atoms with Crippen molar-refractivity contribution in [3.05, 3.63) is 28.3 Å². The number of nitrogens with one attached hydrogen (secondary N) is 1. The molecule has 0 aromatic heterocycles. The fraction of sp³-hybridized carbons (Fsp3) is 0.647. The summed E-state index contributed by atoms with van der Waals surface area (Å²) in [7, 11) is 0. The lowest BCUT2D eigenvalue weighted by Crippen LogP contribution is -2.35. The molecule has 0 heterocycles. The minimum absolute atomic E-state index is 0.683. The molecule has 1 aliphatic carbocycles. The van der Waals surface area contributed by atoms with Gasteiger partial charge < -0.3 is 10.1 Å². The Kier molecular flexibility index (Phi) is 5.74. The first-order valence-corrected chi connectivity index (χ1v) is 8.07. The molecule has 1 aromatic rings. The number of rotatable bonds is 5. The molecule has 2 rings (SSSR count). The first-order valence-electron chi connectivity index (χ1n) is 7.69. The lowest BCUT2D eigenvalue weighted by atomic mass is 9.87. The van der Waals surface area contributed by atoms with Crippen molar-refractivity contribution < 1.29 is 4.74 Å². The highest BCUT2D eigenvalue weighted by Gasteiger charge is 2.17. The molecule has 1 saturated carbocycles. The number of halogens is 1. The van der Waals surface area contributed by atoms with Crippen molar-refractivity contribution in [2.24, 2.45) is 5.92 Å². The number of hydrogen-bond acceptors (Lipinski definition) is 2. The molecule has 0 amide bonds. The van der Waals surface area contributed by atoms with E-state index in [0.29, 0.717) is 6.04 Å². The van der Waals surface area contributed by atoms with Crippen molar-refractivity contribution in [3.63, 3.8) is 0 Å². The van der Waals surface area contributed by atoms with Crippen LogP contribution in [-0.2, 0) is 0 Å². The molecule has 112 valence electrons. The Morgan fingerprint density at radius 2 is 1.75 bits per heavy atom. The lowest BCUT2D eigenvalue weighted by molar-refractivity contribution is 0.269. The van der Waals surface area contributed by atoms with Gasteiger partial charge in [-0.25, -0.2) is 0 Å². The van der Waals surface area contributed by atoms with Crippen LogP contribution in [0.5, 0.6) is 5.75 Å². The highest BCUT2D eigenvalue weighted by molar-refractivity contribution is 6.30. The minimum atomic E-state index is 0.683. The molecule has 0 bridgehead atoms. The quantitative estimate of drug-likeness (QED) is 0.807. The van der Waals surface area contributed by atoms with Crippen molar-refractivity contribution in [1.29, 1.82) is 0 Å². The van der Waals surface area contributed by atoms with Crippen LogP contribution in [0.1, 0.15) is 43.7 Å². The third kappa shape index (κ3) is 4.39. The summed E-state index contributed by atoms with van der Waals surface area (Å²) in [4.78, 5) is 0. The monoisotopic (exact) mass is 295 g/mol. The molecule has 0 saturated heterocycles. The van der Waals surface area contributed by atoms with Gasteiger partial charge in [-0.1, -0.05) is 18.5 Å². The number of benzene rings is 1. The normalized spacial score (nSPS) is 22.8. The van der Waals surface area contributed by atoms with Gasteiger partial charge >= 0.3 is 0 Å². The van der Waals surface area contributed by atoms with Crippen LogP contribution in [0.15, 0.2) is 12.1 Å². The third-order valence-electron chi connectivity index (χ3n) is 4.22. The summed E-state index contributed by atoms with van der Waals surface area (Å²) < 4.78 is 5.91. The molecule has 2 nitrogen and oxygen atoms in total. The highest BCUT2D eigenvalue weighted by Crippen LogP contribution is 2.27. The number of hydrogen-bond donors (Lipinski definition) is 1. The average Bonchev–Trinajstić information content (AvgIpc) is 2.39. The molecule has 3 heteroatoms. The summed E-state index contributed by atoms with van der Waals surface area (Å²) in [5, 5.41) is 4.39. The van der Waals surface area contributed by atoms with E-state index >= 15 is 0 Å². The molecule has 1 N–H and O–H groups in total. The topological polar surface area (TPSA) is 21.3 Å². The number of ether oxygens (including phenoxy) is 1. The molecule has 0 atom stereocenters. The predicted octanol–water partition coefficient (Wildman–Crippen LogP) is 4.50. The fourth-order valence-electron chi connectivity index (χ4n) is 3.01. The van der Waals surface area contributed by atoms with Gasteiger partial charge in [-0.15, -0.1) is 0 Å². The summed E-state index contributed by atoms with van der Waals surface area (Å²) in [6, 6.07) is 4.60. The second-order valence-electron chi connectivity index (χ2n) is 6.13. The summed E-state index contributed by atoms with van der Waals surface area (Å²) in [5.41, 5.74) is 2.22. The minimum Gasteiger partial charge on any atom is -0.492 e. The Balaban J connectivity index is 1.74. The van der Waals surface area contributed by atoms with Crippen LogP contribution >= 0.6 is 11.6 Å². The van der Waals surface area contributed by atoms with Gasteiger partial charge in [0.2, 0.25) is 0 Å².